The molecule has 28 heavy (non-hydrogen) atoms. The van der Waals surface area contributed by atoms with Gasteiger partial charge in [0.05, 0.1) is 25.9 Å². The Hall–Kier alpha value is -2.74. The lowest BCUT2D eigenvalue weighted by Gasteiger charge is -2.35. The number of anilines is 1. The monoisotopic (exact) mass is 401 g/mol. The van der Waals surface area contributed by atoms with Crippen molar-refractivity contribution in [3.63, 3.8) is 0 Å². The van der Waals surface area contributed by atoms with E-state index in [1.54, 1.807) is 31.2 Å². The summed E-state index contributed by atoms with van der Waals surface area (Å²) in [7, 11) is 0. The summed E-state index contributed by atoms with van der Waals surface area (Å²) >= 11 is 1.06. The van der Waals surface area contributed by atoms with Crippen molar-refractivity contribution < 1.29 is 14.5 Å². The molecule has 0 bridgehead atoms. The number of carbonyl (C=O) groups excluding carboxylic acids is 2. The van der Waals surface area contributed by atoms with Crippen LogP contribution in [0.25, 0.3) is 0 Å². The van der Waals surface area contributed by atoms with Gasteiger partial charge in [0.25, 0.3) is 17.5 Å². The summed E-state index contributed by atoms with van der Waals surface area (Å²) in [4.78, 5) is 38.7. The number of piperidine rings is 1. The minimum atomic E-state index is -0.501. The Kier molecular flexibility index (Phi) is 5.79. The van der Waals surface area contributed by atoms with E-state index in [4.69, 9.17) is 0 Å². The second-order valence-corrected chi connectivity index (χ2v) is 8.72. The van der Waals surface area contributed by atoms with Crippen LogP contribution in [0.4, 0.5) is 11.4 Å². The molecule has 2 heterocycles. The zero-order chi connectivity index (χ0) is 20.4. The van der Waals surface area contributed by atoms with E-state index in [9.17, 15) is 19.7 Å². The number of para-hydroxylation sites is 1. The molecule has 148 valence electrons. The van der Waals surface area contributed by atoms with Gasteiger partial charge in [0, 0.05) is 19.2 Å². The largest absolute Gasteiger partial charge is 0.338 e. The number of nitro groups is 1. The first-order valence-corrected chi connectivity index (χ1v) is 10.0. The molecule has 3 rings (SSSR count). The third-order valence-corrected chi connectivity index (χ3v) is 5.91. The Morgan fingerprint density at radius 2 is 1.86 bits per heavy atom. The average molecular weight is 401 g/mol. The van der Waals surface area contributed by atoms with Gasteiger partial charge in [0.2, 0.25) is 0 Å². The number of amides is 2. The minimum absolute atomic E-state index is 0.0733. The summed E-state index contributed by atoms with van der Waals surface area (Å²) in [5, 5.41) is 13.8. The maximum Gasteiger partial charge on any atom is 0.283 e. The molecule has 1 aliphatic heterocycles. The van der Waals surface area contributed by atoms with E-state index in [-0.39, 0.29) is 16.5 Å². The van der Waals surface area contributed by atoms with Gasteiger partial charge in [0.15, 0.2) is 0 Å². The van der Waals surface area contributed by atoms with Crippen LogP contribution in [-0.2, 0) is 0 Å². The van der Waals surface area contributed by atoms with Gasteiger partial charge in [0.1, 0.15) is 0 Å². The highest BCUT2D eigenvalue weighted by atomic mass is 32.1. The molecule has 1 aromatic heterocycles. The first kappa shape index (κ1) is 20.0. The molecule has 1 aliphatic rings. The quantitative estimate of drug-likeness (QED) is 0.609. The summed E-state index contributed by atoms with van der Waals surface area (Å²) in [6.07, 6.45) is 1.10. The van der Waals surface area contributed by atoms with Crippen LogP contribution in [0.5, 0.6) is 0 Å². The molecular weight excluding hydrogens is 378 g/mol. The lowest BCUT2D eigenvalue weighted by molar-refractivity contribution is -0.385. The van der Waals surface area contributed by atoms with Crippen LogP contribution >= 0.6 is 11.3 Å². The van der Waals surface area contributed by atoms with E-state index in [2.05, 4.69) is 19.2 Å². The number of benzene rings is 1. The van der Waals surface area contributed by atoms with Crippen molar-refractivity contribution in [2.24, 2.45) is 11.8 Å². The molecule has 7 nitrogen and oxygen atoms in total. The maximum atomic E-state index is 13.1. The predicted molar refractivity (Wildman–Crippen MR) is 109 cm³/mol. The predicted octanol–water partition coefficient (Wildman–Crippen LogP) is 4.34. The number of carbonyl (C=O) groups is 2. The molecule has 1 aromatic carbocycles. The second-order valence-electron chi connectivity index (χ2n) is 7.47. The molecule has 2 unspecified atom stereocenters. The number of thiophene rings is 1. The zero-order valence-corrected chi connectivity index (χ0v) is 16.9. The fraction of sp³-hybridized carbons (Fsp3) is 0.400. The van der Waals surface area contributed by atoms with Crippen LogP contribution in [0, 0.1) is 28.9 Å². The highest BCUT2D eigenvalue weighted by molar-refractivity contribution is 7.14. The summed E-state index contributed by atoms with van der Waals surface area (Å²) in [5.74, 6) is 0.303. The highest BCUT2D eigenvalue weighted by Gasteiger charge is 2.28. The van der Waals surface area contributed by atoms with E-state index in [0.29, 0.717) is 41.1 Å². The molecular formula is C20H23N3O4S. The van der Waals surface area contributed by atoms with Gasteiger partial charge < -0.3 is 10.2 Å². The molecule has 0 saturated carbocycles. The summed E-state index contributed by atoms with van der Waals surface area (Å²) < 4.78 is 0. The molecule has 2 aromatic rings. The lowest BCUT2D eigenvalue weighted by Crippen LogP contribution is -2.42. The van der Waals surface area contributed by atoms with Crippen LogP contribution in [0.3, 0.4) is 0 Å². The van der Waals surface area contributed by atoms with Crippen LogP contribution in [0.2, 0.25) is 0 Å². The van der Waals surface area contributed by atoms with Crippen molar-refractivity contribution in [1.29, 1.82) is 0 Å². The molecule has 1 saturated heterocycles. The number of aryl methyl sites for hydroxylation is 1. The molecule has 1 N–H and O–H groups in total. The molecule has 0 aliphatic carbocycles. The summed E-state index contributed by atoms with van der Waals surface area (Å²) in [6.45, 7) is 7.27. The molecule has 8 heteroatoms. The number of rotatable bonds is 4. The topological polar surface area (TPSA) is 92.6 Å². The summed E-state index contributed by atoms with van der Waals surface area (Å²) in [6, 6.07) is 8.16. The van der Waals surface area contributed by atoms with Crippen LogP contribution in [0.15, 0.2) is 30.3 Å². The van der Waals surface area contributed by atoms with Gasteiger partial charge in [-0.2, -0.15) is 0 Å². The Balaban J connectivity index is 1.82. The normalized spacial score (nSPS) is 19.3. The van der Waals surface area contributed by atoms with Gasteiger partial charge in [-0.1, -0.05) is 26.0 Å². The van der Waals surface area contributed by atoms with Crippen LogP contribution in [0.1, 0.15) is 45.2 Å². The number of likely N-dealkylation sites (tertiary alicyclic amines) is 1. The number of nitrogens with zero attached hydrogens (tertiary/aromatic N) is 2. The fourth-order valence-electron chi connectivity index (χ4n) is 3.73. The maximum absolute atomic E-state index is 13.1. The van der Waals surface area contributed by atoms with Crippen molar-refractivity contribution in [3.8, 4) is 0 Å². The van der Waals surface area contributed by atoms with E-state index in [0.717, 1.165) is 17.8 Å². The van der Waals surface area contributed by atoms with Crippen LogP contribution < -0.4 is 5.32 Å². The fourth-order valence-corrected chi connectivity index (χ4v) is 4.61. The minimum Gasteiger partial charge on any atom is -0.338 e. The SMILES string of the molecule is Cc1sc(C(=O)Nc2ccccc2C(=O)N2CC(C)CC(C)C2)cc1[N+](=O)[O-]. The number of nitrogens with one attached hydrogen (secondary N) is 1. The number of hydrogen-bond donors (Lipinski definition) is 1. The first-order chi connectivity index (χ1) is 13.3. The molecule has 1 fully saturated rings. The third-order valence-electron chi connectivity index (χ3n) is 4.87. The van der Waals surface area contributed by atoms with Crippen molar-refractivity contribution in [2.45, 2.75) is 27.2 Å². The van der Waals surface area contributed by atoms with E-state index in [1.807, 2.05) is 4.90 Å². The van der Waals surface area contributed by atoms with Gasteiger partial charge in [-0.05, 0) is 37.3 Å². The molecule has 2 amide bonds. The smallest absolute Gasteiger partial charge is 0.283 e. The average Bonchev–Trinajstić information content (AvgIpc) is 3.03. The van der Waals surface area contributed by atoms with Crippen molar-refractivity contribution >= 4 is 34.5 Å². The molecule has 0 spiro atoms. The van der Waals surface area contributed by atoms with Gasteiger partial charge >= 0.3 is 0 Å². The Morgan fingerprint density at radius 3 is 2.46 bits per heavy atom. The number of hydrogen-bond acceptors (Lipinski definition) is 5. The van der Waals surface area contributed by atoms with Crippen LogP contribution in [-0.4, -0.2) is 34.7 Å². The van der Waals surface area contributed by atoms with E-state index >= 15 is 0 Å². The second kappa shape index (κ2) is 8.10. The highest BCUT2D eigenvalue weighted by Crippen LogP contribution is 2.29. The van der Waals surface area contributed by atoms with Crippen molar-refractivity contribution in [3.05, 3.63) is 55.8 Å². The molecule has 0 radical (unpaired) electrons. The van der Waals surface area contributed by atoms with Gasteiger partial charge in [-0.15, -0.1) is 11.3 Å². The Bertz CT molecular complexity index is 914. The van der Waals surface area contributed by atoms with Gasteiger partial charge in [-0.25, -0.2) is 0 Å². The van der Waals surface area contributed by atoms with E-state index < -0.39 is 10.8 Å². The van der Waals surface area contributed by atoms with Gasteiger partial charge in [-0.3, -0.25) is 19.7 Å². The zero-order valence-electron chi connectivity index (χ0n) is 16.1. The summed E-state index contributed by atoms with van der Waals surface area (Å²) in [5.41, 5.74) is 0.771. The van der Waals surface area contributed by atoms with E-state index in [1.165, 1.54) is 6.07 Å². The lowest BCUT2D eigenvalue weighted by atomic mass is 9.91. The Labute approximate surface area is 167 Å². The van der Waals surface area contributed by atoms with Crippen molar-refractivity contribution in [2.75, 3.05) is 18.4 Å². The first-order valence-electron chi connectivity index (χ1n) is 9.20. The third kappa shape index (κ3) is 4.22. The standard InChI is InChI=1S/C20H23N3O4S/c1-12-8-13(2)11-22(10-12)20(25)15-6-4-5-7-16(15)21-19(24)18-9-17(23(26)27)14(3)28-18/h4-7,9,12-13H,8,10-11H2,1-3H3,(H,21,24). The van der Waals surface area contributed by atoms with Crippen molar-refractivity contribution in [1.82, 2.24) is 4.90 Å². The molecule has 2 atom stereocenters. The Morgan fingerprint density at radius 1 is 1.21 bits per heavy atom.